The van der Waals surface area contributed by atoms with E-state index in [1.165, 1.54) is 44.6 Å². The first-order chi connectivity index (χ1) is 10.3. The van der Waals surface area contributed by atoms with E-state index in [2.05, 4.69) is 41.7 Å². The second-order valence-electron chi connectivity index (χ2n) is 5.31. The molecule has 0 amide bonds. The van der Waals surface area contributed by atoms with E-state index in [1.807, 2.05) is 0 Å². The number of carbonyl (C=O) groups is 1. The number of nitrogens with zero attached hydrogens (tertiary/aromatic N) is 1. The van der Waals surface area contributed by atoms with Gasteiger partial charge in [0.05, 0.1) is 6.61 Å². The third-order valence-corrected chi connectivity index (χ3v) is 3.50. The Labute approximate surface area is 128 Å². The SMILES string of the molecule is C=CC(=O)OCCCCCCCCCC[n+]1ccccc1. The molecule has 0 aromatic carbocycles. The van der Waals surface area contributed by atoms with Crippen LogP contribution >= 0.6 is 0 Å². The fourth-order valence-electron chi connectivity index (χ4n) is 2.27. The van der Waals surface area contributed by atoms with Crippen LogP contribution in [0, 0.1) is 0 Å². The van der Waals surface area contributed by atoms with Gasteiger partial charge in [-0.1, -0.05) is 44.7 Å². The summed E-state index contributed by atoms with van der Waals surface area (Å²) >= 11 is 0. The zero-order chi connectivity index (χ0) is 15.2. The molecule has 0 aliphatic rings. The van der Waals surface area contributed by atoms with Crippen molar-refractivity contribution in [2.24, 2.45) is 0 Å². The maximum atomic E-state index is 10.8. The highest BCUT2D eigenvalue weighted by Crippen LogP contribution is 2.08. The molecule has 0 saturated carbocycles. The summed E-state index contributed by atoms with van der Waals surface area (Å²) in [6.45, 7) is 5.02. The Balaban J connectivity index is 1.80. The maximum absolute atomic E-state index is 10.8. The van der Waals surface area contributed by atoms with Gasteiger partial charge in [-0.2, -0.15) is 0 Å². The summed E-state index contributed by atoms with van der Waals surface area (Å²) in [6, 6.07) is 6.20. The van der Waals surface area contributed by atoms with Crippen molar-refractivity contribution in [3.05, 3.63) is 43.2 Å². The minimum absolute atomic E-state index is 0.314. The summed E-state index contributed by atoms with van der Waals surface area (Å²) in [7, 11) is 0. The first kappa shape index (κ1) is 17.4. The summed E-state index contributed by atoms with van der Waals surface area (Å²) < 4.78 is 7.17. The monoisotopic (exact) mass is 290 g/mol. The Hall–Kier alpha value is -1.64. The molecule has 0 fully saturated rings. The lowest BCUT2D eigenvalue weighted by Gasteiger charge is -2.03. The second-order valence-corrected chi connectivity index (χ2v) is 5.31. The maximum Gasteiger partial charge on any atom is 0.330 e. The fourth-order valence-corrected chi connectivity index (χ4v) is 2.27. The van der Waals surface area contributed by atoms with Crippen LogP contribution in [0.2, 0.25) is 0 Å². The molecule has 0 spiro atoms. The molecule has 0 aliphatic heterocycles. The standard InChI is InChI=1S/C18H28NO2/c1-2-18(20)21-17-13-8-6-4-3-5-7-10-14-19-15-11-9-12-16-19/h2,9,11-12,15-16H,1,3-8,10,13-14,17H2/q+1. The minimum atomic E-state index is -0.314. The van der Waals surface area contributed by atoms with Crippen molar-refractivity contribution in [1.29, 1.82) is 0 Å². The number of esters is 1. The van der Waals surface area contributed by atoms with E-state index in [1.54, 1.807) is 0 Å². The minimum Gasteiger partial charge on any atom is -0.463 e. The summed E-state index contributed by atoms with van der Waals surface area (Å²) in [5, 5.41) is 0. The van der Waals surface area contributed by atoms with Gasteiger partial charge in [0.2, 0.25) is 0 Å². The first-order valence-corrected chi connectivity index (χ1v) is 8.06. The molecule has 3 nitrogen and oxygen atoms in total. The molecule has 0 N–H and O–H groups in total. The van der Waals surface area contributed by atoms with Gasteiger partial charge in [-0.25, -0.2) is 9.36 Å². The molecular weight excluding hydrogens is 262 g/mol. The van der Waals surface area contributed by atoms with Crippen LogP contribution in [0.3, 0.4) is 0 Å². The molecule has 1 rings (SSSR count). The van der Waals surface area contributed by atoms with Gasteiger partial charge < -0.3 is 4.74 Å². The van der Waals surface area contributed by atoms with Gasteiger partial charge in [0.15, 0.2) is 12.4 Å². The van der Waals surface area contributed by atoms with Crippen LogP contribution < -0.4 is 4.57 Å². The molecular formula is C18H28NO2+. The number of aryl methyl sites for hydroxylation is 1. The van der Waals surface area contributed by atoms with Gasteiger partial charge in [0, 0.05) is 24.6 Å². The predicted molar refractivity (Wildman–Crippen MR) is 84.7 cm³/mol. The summed E-state index contributed by atoms with van der Waals surface area (Å²) in [4.78, 5) is 10.8. The Bertz CT molecular complexity index is 389. The third kappa shape index (κ3) is 9.83. The number of carbonyl (C=O) groups excluding carboxylic acids is 1. The van der Waals surface area contributed by atoms with E-state index in [9.17, 15) is 4.79 Å². The first-order valence-electron chi connectivity index (χ1n) is 8.06. The van der Waals surface area contributed by atoms with Gasteiger partial charge >= 0.3 is 5.97 Å². The van der Waals surface area contributed by atoms with Crippen molar-refractivity contribution in [2.75, 3.05) is 6.61 Å². The number of pyridine rings is 1. The Morgan fingerprint density at radius 2 is 1.48 bits per heavy atom. The Morgan fingerprint density at radius 1 is 0.905 bits per heavy atom. The molecule has 1 heterocycles. The highest BCUT2D eigenvalue weighted by molar-refractivity contribution is 5.81. The van der Waals surface area contributed by atoms with Crippen LogP contribution in [0.4, 0.5) is 0 Å². The fraction of sp³-hybridized carbons (Fsp3) is 0.556. The largest absolute Gasteiger partial charge is 0.463 e. The topological polar surface area (TPSA) is 30.2 Å². The van der Waals surface area contributed by atoms with Gasteiger partial charge in [0.25, 0.3) is 0 Å². The number of unbranched alkanes of at least 4 members (excludes halogenated alkanes) is 7. The van der Waals surface area contributed by atoms with Crippen molar-refractivity contribution in [1.82, 2.24) is 0 Å². The number of rotatable bonds is 12. The summed E-state index contributed by atoms with van der Waals surface area (Å²) in [6.07, 6.45) is 15.3. The van der Waals surface area contributed by atoms with Gasteiger partial charge in [0.1, 0.15) is 6.54 Å². The van der Waals surface area contributed by atoms with Crippen LogP contribution in [0.5, 0.6) is 0 Å². The van der Waals surface area contributed by atoms with E-state index in [0.29, 0.717) is 6.61 Å². The molecule has 1 aromatic heterocycles. The van der Waals surface area contributed by atoms with Gasteiger partial charge in [-0.3, -0.25) is 0 Å². The van der Waals surface area contributed by atoms with Crippen molar-refractivity contribution in [2.45, 2.75) is 57.9 Å². The van der Waals surface area contributed by atoms with E-state index in [0.717, 1.165) is 19.4 Å². The van der Waals surface area contributed by atoms with Crippen molar-refractivity contribution in [3.63, 3.8) is 0 Å². The zero-order valence-corrected chi connectivity index (χ0v) is 13.0. The molecule has 21 heavy (non-hydrogen) atoms. The lowest BCUT2D eigenvalue weighted by molar-refractivity contribution is -0.697. The normalized spacial score (nSPS) is 10.3. The van der Waals surface area contributed by atoms with Crippen molar-refractivity contribution >= 4 is 5.97 Å². The number of hydrogen-bond donors (Lipinski definition) is 0. The quantitative estimate of drug-likeness (QED) is 0.253. The lowest BCUT2D eigenvalue weighted by atomic mass is 10.1. The number of ether oxygens (including phenoxy) is 1. The summed E-state index contributed by atoms with van der Waals surface area (Å²) in [5.41, 5.74) is 0. The average molecular weight is 290 g/mol. The molecule has 3 heteroatoms. The lowest BCUT2D eigenvalue weighted by Crippen LogP contribution is -2.32. The highest BCUT2D eigenvalue weighted by Gasteiger charge is 1.98. The Kier molecular flexibility index (Phi) is 10.1. The van der Waals surface area contributed by atoms with E-state index in [4.69, 9.17) is 4.74 Å². The Morgan fingerprint density at radius 3 is 2.10 bits per heavy atom. The molecule has 0 atom stereocenters. The van der Waals surface area contributed by atoms with Crippen LogP contribution in [-0.2, 0) is 16.1 Å². The van der Waals surface area contributed by atoms with Gasteiger partial charge in [-0.05, 0) is 12.8 Å². The third-order valence-electron chi connectivity index (χ3n) is 3.50. The average Bonchev–Trinajstić information content (AvgIpc) is 2.53. The molecule has 116 valence electrons. The molecule has 0 radical (unpaired) electrons. The second kappa shape index (κ2) is 12.1. The smallest absolute Gasteiger partial charge is 0.330 e. The zero-order valence-electron chi connectivity index (χ0n) is 13.0. The highest BCUT2D eigenvalue weighted by atomic mass is 16.5. The van der Waals surface area contributed by atoms with E-state index in [-0.39, 0.29) is 5.97 Å². The molecule has 0 unspecified atom stereocenters. The van der Waals surface area contributed by atoms with E-state index < -0.39 is 0 Å². The number of aromatic nitrogens is 1. The van der Waals surface area contributed by atoms with Crippen molar-refractivity contribution < 1.29 is 14.1 Å². The van der Waals surface area contributed by atoms with Crippen LogP contribution in [0.1, 0.15) is 51.4 Å². The van der Waals surface area contributed by atoms with Crippen LogP contribution in [0.25, 0.3) is 0 Å². The van der Waals surface area contributed by atoms with Crippen molar-refractivity contribution in [3.8, 4) is 0 Å². The summed E-state index contributed by atoms with van der Waals surface area (Å²) in [5.74, 6) is -0.314. The van der Waals surface area contributed by atoms with Crippen LogP contribution in [-0.4, -0.2) is 12.6 Å². The number of hydrogen-bond acceptors (Lipinski definition) is 2. The molecule has 0 saturated heterocycles. The van der Waals surface area contributed by atoms with Crippen LogP contribution in [0.15, 0.2) is 43.2 Å². The molecule has 1 aromatic rings. The predicted octanol–water partition coefficient (Wildman–Crippen LogP) is 3.82. The molecule has 0 bridgehead atoms. The van der Waals surface area contributed by atoms with E-state index >= 15 is 0 Å². The molecule has 0 aliphatic carbocycles. The van der Waals surface area contributed by atoms with Gasteiger partial charge in [-0.15, -0.1) is 0 Å².